The average Bonchev–Trinajstić information content (AvgIpc) is 3.17. The summed E-state index contributed by atoms with van der Waals surface area (Å²) in [6.45, 7) is 2.72. The van der Waals surface area contributed by atoms with Crippen molar-refractivity contribution in [2.45, 2.75) is 20.3 Å². The van der Waals surface area contributed by atoms with E-state index < -0.39 is 18.5 Å². The molecule has 4 rings (SSSR count). The van der Waals surface area contributed by atoms with Gasteiger partial charge in [-0.25, -0.2) is 0 Å². The summed E-state index contributed by atoms with van der Waals surface area (Å²) < 4.78 is 12.1. The van der Waals surface area contributed by atoms with Crippen molar-refractivity contribution in [1.82, 2.24) is 4.57 Å². The molecule has 0 aliphatic carbocycles. The molecule has 1 aromatic heterocycles. The molecule has 194 valence electrons. The van der Waals surface area contributed by atoms with Crippen molar-refractivity contribution in [2.24, 2.45) is 0 Å². The van der Waals surface area contributed by atoms with E-state index in [1.165, 1.54) is 18.6 Å². The van der Waals surface area contributed by atoms with Crippen LogP contribution in [-0.4, -0.2) is 41.9 Å². The lowest BCUT2D eigenvalue weighted by molar-refractivity contribution is -0.146. The first-order chi connectivity index (χ1) is 18.2. The van der Waals surface area contributed by atoms with E-state index in [1.54, 1.807) is 73.7 Å². The number of hydrogen-bond donors (Lipinski definition) is 1. The SMILES string of the molecule is COc1ccc2c(c1)c(CC(=O)OCC(=O)Nc1ccc(C(C)=O)cc1)c(C)n2C(=O)c1ccc(Cl)cc1. The zero-order valence-electron chi connectivity index (χ0n) is 21.0. The number of Topliss-reactive ketones (excluding diaryl/α,β-unsaturated/α-hetero) is 1. The van der Waals surface area contributed by atoms with Gasteiger partial charge in [0, 0.05) is 32.9 Å². The van der Waals surface area contributed by atoms with Crippen LogP contribution < -0.4 is 10.1 Å². The molecule has 0 bridgehead atoms. The quantitative estimate of drug-likeness (QED) is 0.246. The topological polar surface area (TPSA) is 104 Å². The number of benzene rings is 3. The number of carbonyl (C=O) groups is 4. The summed E-state index contributed by atoms with van der Waals surface area (Å²) in [4.78, 5) is 49.8. The van der Waals surface area contributed by atoms with Gasteiger partial charge in [0.25, 0.3) is 11.8 Å². The number of methoxy groups -OCH3 is 1. The largest absolute Gasteiger partial charge is 0.497 e. The fourth-order valence-electron chi connectivity index (χ4n) is 4.12. The summed E-state index contributed by atoms with van der Waals surface area (Å²) in [5.41, 5.74) is 3.20. The maximum absolute atomic E-state index is 13.4. The van der Waals surface area contributed by atoms with Crippen molar-refractivity contribution >= 4 is 51.8 Å². The van der Waals surface area contributed by atoms with Gasteiger partial charge in [0.1, 0.15) is 5.75 Å². The second kappa shape index (κ2) is 11.3. The summed E-state index contributed by atoms with van der Waals surface area (Å²) in [5.74, 6) is -0.938. The number of carbonyl (C=O) groups excluding carboxylic acids is 4. The second-order valence-electron chi connectivity index (χ2n) is 8.61. The minimum Gasteiger partial charge on any atom is -0.497 e. The highest BCUT2D eigenvalue weighted by molar-refractivity contribution is 6.30. The summed E-state index contributed by atoms with van der Waals surface area (Å²) in [6.07, 6.45) is -0.156. The van der Waals surface area contributed by atoms with Crippen LogP contribution in [0.1, 0.15) is 38.9 Å². The molecule has 9 heteroatoms. The monoisotopic (exact) mass is 532 g/mol. The van der Waals surface area contributed by atoms with Gasteiger partial charge in [-0.3, -0.25) is 23.7 Å². The number of rotatable bonds is 8. The molecular weight excluding hydrogens is 508 g/mol. The molecule has 0 saturated carbocycles. The van der Waals surface area contributed by atoms with Gasteiger partial charge in [-0.15, -0.1) is 0 Å². The Hall–Kier alpha value is -4.43. The van der Waals surface area contributed by atoms with Crippen molar-refractivity contribution in [3.8, 4) is 5.75 Å². The smallest absolute Gasteiger partial charge is 0.310 e. The number of anilines is 1. The van der Waals surface area contributed by atoms with E-state index in [0.717, 1.165) is 0 Å². The third-order valence-electron chi connectivity index (χ3n) is 6.10. The van der Waals surface area contributed by atoms with Gasteiger partial charge < -0.3 is 14.8 Å². The zero-order chi connectivity index (χ0) is 27.4. The van der Waals surface area contributed by atoms with Gasteiger partial charge in [0.15, 0.2) is 12.4 Å². The zero-order valence-corrected chi connectivity index (χ0v) is 21.8. The highest BCUT2D eigenvalue weighted by atomic mass is 35.5. The fourth-order valence-corrected chi connectivity index (χ4v) is 4.25. The number of halogens is 1. The number of nitrogens with zero attached hydrogens (tertiary/aromatic N) is 1. The molecule has 4 aromatic rings. The van der Waals surface area contributed by atoms with Crippen LogP contribution >= 0.6 is 11.6 Å². The highest BCUT2D eigenvalue weighted by Gasteiger charge is 2.23. The van der Waals surface area contributed by atoms with Crippen LogP contribution in [0.5, 0.6) is 5.75 Å². The summed E-state index contributed by atoms with van der Waals surface area (Å²) >= 11 is 5.97. The van der Waals surface area contributed by atoms with Gasteiger partial charge in [-0.05, 0) is 86.1 Å². The second-order valence-corrected chi connectivity index (χ2v) is 9.05. The predicted octanol–water partition coefficient (Wildman–Crippen LogP) is 5.23. The lowest BCUT2D eigenvalue weighted by Gasteiger charge is -2.09. The average molecular weight is 533 g/mol. The Labute approximate surface area is 224 Å². The van der Waals surface area contributed by atoms with Crippen LogP contribution in [-0.2, 0) is 20.7 Å². The number of ether oxygens (including phenoxy) is 2. The molecule has 1 amide bonds. The van der Waals surface area contributed by atoms with E-state index in [9.17, 15) is 19.2 Å². The Kier molecular flexibility index (Phi) is 7.93. The summed E-state index contributed by atoms with van der Waals surface area (Å²) in [6, 6.07) is 18.2. The molecule has 3 aromatic carbocycles. The van der Waals surface area contributed by atoms with Gasteiger partial charge in [-0.1, -0.05) is 11.6 Å². The van der Waals surface area contributed by atoms with Crippen molar-refractivity contribution in [1.29, 1.82) is 0 Å². The minimum atomic E-state index is -0.629. The predicted molar refractivity (Wildman–Crippen MR) is 144 cm³/mol. The van der Waals surface area contributed by atoms with Crippen molar-refractivity contribution in [3.63, 3.8) is 0 Å². The van der Waals surface area contributed by atoms with Crippen LogP contribution in [0.25, 0.3) is 10.9 Å². The molecule has 0 aliphatic heterocycles. The molecule has 0 radical (unpaired) electrons. The molecule has 0 fully saturated rings. The molecule has 0 spiro atoms. The number of fused-ring (bicyclic) bond motifs is 1. The van der Waals surface area contributed by atoms with E-state index in [2.05, 4.69) is 5.32 Å². The van der Waals surface area contributed by atoms with Crippen molar-refractivity contribution < 1.29 is 28.7 Å². The van der Waals surface area contributed by atoms with E-state index in [4.69, 9.17) is 21.1 Å². The molecule has 8 nitrogen and oxygen atoms in total. The van der Waals surface area contributed by atoms with Gasteiger partial charge in [0.05, 0.1) is 19.0 Å². The Morgan fingerprint density at radius 3 is 2.21 bits per heavy atom. The number of ketones is 1. The van der Waals surface area contributed by atoms with Crippen LogP contribution in [0.2, 0.25) is 5.02 Å². The van der Waals surface area contributed by atoms with Crippen molar-refractivity contribution in [2.75, 3.05) is 19.0 Å². The lowest BCUT2D eigenvalue weighted by Crippen LogP contribution is -2.22. The molecule has 38 heavy (non-hydrogen) atoms. The number of aromatic nitrogens is 1. The number of hydrogen-bond acceptors (Lipinski definition) is 6. The van der Waals surface area contributed by atoms with Crippen LogP contribution in [0, 0.1) is 6.92 Å². The number of esters is 1. The number of nitrogens with one attached hydrogen (secondary N) is 1. The fraction of sp³-hybridized carbons (Fsp3) is 0.172. The van der Waals surface area contributed by atoms with Crippen LogP contribution in [0.15, 0.2) is 66.7 Å². The van der Waals surface area contributed by atoms with E-state index in [1.807, 2.05) is 0 Å². The third-order valence-corrected chi connectivity index (χ3v) is 6.35. The molecule has 0 aliphatic rings. The molecular formula is C29H25ClN2O6. The minimum absolute atomic E-state index is 0.0825. The molecule has 0 unspecified atom stereocenters. The summed E-state index contributed by atoms with van der Waals surface area (Å²) in [5, 5.41) is 3.80. The Morgan fingerprint density at radius 2 is 1.58 bits per heavy atom. The van der Waals surface area contributed by atoms with Crippen LogP contribution in [0.4, 0.5) is 5.69 Å². The highest BCUT2D eigenvalue weighted by Crippen LogP contribution is 2.31. The first-order valence-electron chi connectivity index (χ1n) is 11.7. The van der Waals surface area contributed by atoms with E-state index in [0.29, 0.717) is 49.7 Å². The Morgan fingerprint density at radius 1 is 0.921 bits per heavy atom. The summed E-state index contributed by atoms with van der Waals surface area (Å²) in [7, 11) is 1.53. The van der Waals surface area contributed by atoms with Gasteiger partial charge >= 0.3 is 5.97 Å². The molecule has 1 heterocycles. The third kappa shape index (κ3) is 5.76. The normalized spacial score (nSPS) is 10.7. The lowest BCUT2D eigenvalue weighted by atomic mass is 10.1. The van der Waals surface area contributed by atoms with Crippen LogP contribution in [0.3, 0.4) is 0 Å². The Bertz CT molecular complexity index is 1540. The molecule has 1 N–H and O–H groups in total. The van der Waals surface area contributed by atoms with Gasteiger partial charge in [-0.2, -0.15) is 0 Å². The van der Waals surface area contributed by atoms with Gasteiger partial charge in [0.2, 0.25) is 0 Å². The molecule has 0 atom stereocenters. The standard InChI is InChI=1S/C29H25ClN2O6/c1-17-24(15-28(35)38-16-27(34)31-22-10-6-19(7-11-22)18(2)33)25-14-23(37-3)12-13-26(25)32(17)29(36)20-4-8-21(30)9-5-20/h4-14H,15-16H2,1-3H3,(H,31,34). The first-order valence-corrected chi connectivity index (χ1v) is 12.1. The number of amides is 1. The molecule has 0 saturated heterocycles. The Balaban J connectivity index is 1.52. The van der Waals surface area contributed by atoms with E-state index in [-0.39, 0.29) is 18.1 Å². The first kappa shape index (κ1) is 26.6. The van der Waals surface area contributed by atoms with E-state index >= 15 is 0 Å². The maximum atomic E-state index is 13.4. The maximum Gasteiger partial charge on any atom is 0.310 e. The van der Waals surface area contributed by atoms with Crippen molar-refractivity contribution in [3.05, 3.63) is 94.1 Å².